The highest BCUT2D eigenvalue weighted by Gasteiger charge is 2.28. The van der Waals surface area contributed by atoms with E-state index in [1.165, 1.54) is 0 Å². The zero-order valence-electron chi connectivity index (χ0n) is 14.2. The summed E-state index contributed by atoms with van der Waals surface area (Å²) < 4.78 is 49.1. The van der Waals surface area contributed by atoms with Crippen LogP contribution in [0.15, 0.2) is 41.2 Å². The number of halogens is 3. The number of benzene rings is 1. The Morgan fingerprint density at radius 1 is 1.27 bits per heavy atom. The summed E-state index contributed by atoms with van der Waals surface area (Å²) in [5.74, 6) is 0.667. The van der Waals surface area contributed by atoms with Gasteiger partial charge in [-0.1, -0.05) is 11.2 Å². The number of alkyl halides is 3. The van der Waals surface area contributed by atoms with E-state index in [0.29, 0.717) is 17.1 Å². The summed E-state index contributed by atoms with van der Waals surface area (Å²) in [6, 6.07) is 6.74. The molecule has 0 aliphatic carbocycles. The highest BCUT2D eigenvalue weighted by atomic mass is 19.4. The molecule has 0 fully saturated rings. The lowest BCUT2D eigenvalue weighted by Gasteiger charge is -2.14. The molecule has 0 aliphatic heterocycles. The van der Waals surface area contributed by atoms with E-state index in [9.17, 15) is 13.2 Å². The van der Waals surface area contributed by atoms with Crippen LogP contribution in [0.25, 0.3) is 11.3 Å². The van der Waals surface area contributed by atoms with Gasteiger partial charge in [0.05, 0.1) is 18.4 Å². The summed E-state index contributed by atoms with van der Waals surface area (Å²) in [5.41, 5.74) is 2.69. The van der Waals surface area contributed by atoms with Crippen LogP contribution in [0.5, 0.6) is 5.75 Å². The molecule has 0 aliphatic rings. The molecule has 0 saturated heterocycles. The van der Waals surface area contributed by atoms with Crippen molar-refractivity contribution in [2.45, 2.75) is 19.6 Å². The second kappa shape index (κ2) is 7.11. The second-order valence-corrected chi connectivity index (χ2v) is 5.84. The molecule has 2 heterocycles. The maximum atomic E-state index is 12.4. The third-order valence-electron chi connectivity index (χ3n) is 3.54. The van der Waals surface area contributed by atoms with Crippen molar-refractivity contribution in [3.63, 3.8) is 0 Å². The van der Waals surface area contributed by atoms with Gasteiger partial charge in [0.15, 0.2) is 12.4 Å². The van der Waals surface area contributed by atoms with Crippen LogP contribution in [0.4, 0.5) is 18.9 Å². The SMILES string of the molecule is Cc1ccc(NCc2cc(-c3cnn(C)c3)no2)c(OCC(F)(F)F)c1. The fourth-order valence-corrected chi connectivity index (χ4v) is 2.32. The van der Waals surface area contributed by atoms with Gasteiger partial charge in [-0.2, -0.15) is 18.3 Å². The minimum absolute atomic E-state index is 0.134. The molecule has 0 bridgehead atoms. The maximum Gasteiger partial charge on any atom is 0.422 e. The monoisotopic (exact) mass is 366 g/mol. The molecule has 3 rings (SSSR count). The summed E-state index contributed by atoms with van der Waals surface area (Å²) >= 11 is 0. The fourth-order valence-electron chi connectivity index (χ4n) is 2.32. The molecule has 9 heteroatoms. The number of aryl methyl sites for hydroxylation is 2. The van der Waals surface area contributed by atoms with Crippen molar-refractivity contribution in [1.29, 1.82) is 0 Å². The number of anilines is 1. The third kappa shape index (κ3) is 4.56. The molecular formula is C17H17F3N4O2. The zero-order chi connectivity index (χ0) is 18.7. The first-order valence-corrected chi connectivity index (χ1v) is 7.79. The average molecular weight is 366 g/mol. The summed E-state index contributed by atoms with van der Waals surface area (Å²) in [4.78, 5) is 0. The summed E-state index contributed by atoms with van der Waals surface area (Å²) in [6.45, 7) is 0.679. The number of rotatable bonds is 6. The van der Waals surface area contributed by atoms with E-state index in [1.807, 2.05) is 0 Å². The first-order chi connectivity index (χ1) is 12.3. The molecule has 0 amide bonds. The van der Waals surface area contributed by atoms with Crippen molar-refractivity contribution in [3.05, 3.63) is 48.0 Å². The van der Waals surface area contributed by atoms with Gasteiger partial charge in [0.1, 0.15) is 11.4 Å². The van der Waals surface area contributed by atoms with Crippen LogP contribution < -0.4 is 10.1 Å². The van der Waals surface area contributed by atoms with Crippen molar-refractivity contribution < 1.29 is 22.4 Å². The minimum atomic E-state index is -4.40. The Hall–Kier alpha value is -2.97. The van der Waals surface area contributed by atoms with Crippen LogP contribution in [0.2, 0.25) is 0 Å². The third-order valence-corrected chi connectivity index (χ3v) is 3.54. The molecule has 138 valence electrons. The van der Waals surface area contributed by atoms with E-state index in [4.69, 9.17) is 9.26 Å². The summed E-state index contributed by atoms with van der Waals surface area (Å²) in [6.07, 6.45) is -0.930. The maximum absolute atomic E-state index is 12.4. The number of hydrogen-bond donors (Lipinski definition) is 1. The van der Waals surface area contributed by atoms with E-state index >= 15 is 0 Å². The van der Waals surface area contributed by atoms with Crippen molar-refractivity contribution >= 4 is 5.69 Å². The lowest BCUT2D eigenvalue weighted by Crippen LogP contribution is -2.19. The lowest BCUT2D eigenvalue weighted by atomic mass is 10.2. The number of ether oxygens (including phenoxy) is 1. The number of nitrogens with zero attached hydrogens (tertiary/aromatic N) is 3. The Balaban J connectivity index is 1.69. The molecule has 0 radical (unpaired) electrons. The molecule has 1 aromatic carbocycles. The van der Waals surface area contributed by atoms with Gasteiger partial charge in [0.25, 0.3) is 0 Å². The number of aromatic nitrogens is 3. The van der Waals surface area contributed by atoms with Crippen LogP contribution in [-0.4, -0.2) is 27.7 Å². The normalized spacial score (nSPS) is 11.6. The van der Waals surface area contributed by atoms with E-state index in [2.05, 4.69) is 15.6 Å². The Labute approximate surface area is 147 Å². The molecule has 0 spiro atoms. The average Bonchev–Trinajstić information content (AvgIpc) is 3.20. The second-order valence-electron chi connectivity index (χ2n) is 5.84. The number of nitrogens with one attached hydrogen (secondary N) is 1. The van der Waals surface area contributed by atoms with Gasteiger partial charge in [0.2, 0.25) is 0 Å². The topological polar surface area (TPSA) is 65.1 Å². The smallest absolute Gasteiger partial charge is 0.422 e. The highest BCUT2D eigenvalue weighted by molar-refractivity contribution is 5.59. The Morgan fingerprint density at radius 3 is 2.77 bits per heavy atom. The highest BCUT2D eigenvalue weighted by Crippen LogP contribution is 2.28. The summed E-state index contributed by atoms with van der Waals surface area (Å²) in [7, 11) is 1.80. The Bertz CT molecular complexity index is 886. The van der Waals surface area contributed by atoms with Crippen molar-refractivity contribution in [1.82, 2.24) is 14.9 Å². The van der Waals surface area contributed by atoms with E-state index in [1.54, 1.807) is 55.3 Å². The fraction of sp³-hybridized carbons (Fsp3) is 0.294. The van der Waals surface area contributed by atoms with Gasteiger partial charge in [-0.3, -0.25) is 4.68 Å². The van der Waals surface area contributed by atoms with Crippen LogP contribution in [0.1, 0.15) is 11.3 Å². The predicted molar refractivity (Wildman–Crippen MR) is 88.8 cm³/mol. The van der Waals surface area contributed by atoms with Crippen molar-refractivity contribution in [2.24, 2.45) is 7.05 Å². The molecule has 1 N–H and O–H groups in total. The first kappa shape index (κ1) is 17.8. The predicted octanol–water partition coefficient (Wildman–Crippen LogP) is 3.94. The van der Waals surface area contributed by atoms with Crippen LogP contribution >= 0.6 is 0 Å². The van der Waals surface area contributed by atoms with E-state index in [-0.39, 0.29) is 12.3 Å². The van der Waals surface area contributed by atoms with Gasteiger partial charge >= 0.3 is 6.18 Å². The quantitative estimate of drug-likeness (QED) is 0.716. The van der Waals surface area contributed by atoms with Gasteiger partial charge in [-0.25, -0.2) is 0 Å². The summed E-state index contributed by atoms with van der Waals surface area (Å²) in [5, 5.41) is 11.1. The molecule has 0 unspecified atom stereocenters. The molecule has 2 aromatic heterocycles. The first-order valence-electron chi connectivity index (χ1n) is 7.79. The standard InChI is InChI=1S/C17H17F3N4O2/c1-11-3-4-14(16(5-11)25-10-17(18,19)20)21-8-13-6-15(23-26-13)12-7-22-24(2)9-12/h3-7,9,21H,8,10H2,1-2H3. The molecule has 0 atom stereocenters. The zero-order valence-corrected chi connectivity index (χ0v) is 14.2. The van der Waals surface area contributed by atoms with Gasteiger partial charge < -0.3 is 14.6 Å². The molecular weight excluding hydrogens is 349 g/mol. The van der Waals surface area contributed by atoms with Crippen molar-refractivity contribution in [2.75, 3.05) is 11.9 Å². The van der Waals surface area contributed by atoms with Crippen LogP contribution in [0.3, 0.4) is 0 Å². The van der Waals surface area contributed by atoms with Crippen LogP contribution in [0, 0.1) is 6.92 Å². The van der Waals surface area contributed by atoms with E-state index in [0.717, 1.165) is 11.1 Å². The van der Waals surface area contributed by atoms with Crippen LogP contribution in [-0.2, 0) is 13.6 Å². The lowest BCUT2D eigenvalue weighted by molar-refractivity contribution is -0.153. The Morgan fingerprint density at radius 2 is 2.08 bits per heavy atom. The van der Waals surface area contributed by atoms with Gasteiger partial charge in [-0.15, -0.1) is 0 Å². The Kier molecular flexibility index (Phi) is 4.88. The van der Waals surface area contributed by atoms with Crippen molar-refractivity contribution in [3.8, 4) is 17.0 Å². The molecule has 6 nitrogen and oxygen atoms in total. The van der Waals surface area contributed by atoms with Gasteiger partial charge in [0, 0.05) is 24.9 Å². The minimum Gasteiger partial charge on any atom is -0.482 e. The molecule has 26 heavy (non-hydrogen) atoms. The number of hydrogen-bond acceptors (Lipinski definition) is 5. The van der Waals surface area contributed by atoms with Gasteiger partial charge in [-0.05, 0) is 24.6 Å². The largest absolute Gasteiger partial charge is 0.482 e. The molecule has 3 aromatic rings. The molecule has 0 saturated carbocycles. The van der Waals surface area contributed by atoms with E-state index < -0.39 is 12.8 Å².